The number of carbonyl (C=O) groups is 2. The lowest BCUT2D eigenvalue weighted by molar-refractivity contribution is -0.129. The minimum absolute atomic E-state index is 0.0555. The maximum atomic E-state index is 12.2. The van der Waals surface area contributed by atoms with Gasteiger partial charge in [-0.05, 0) is 54.8 Å². The largest absolute Gasteiger partial charge is 0.497 e. The number of amides is 2. The molecule has 138 valence electrons. The molecule has 0 bridgehead atoms. The molecule has 2 aromatic carbocycles. The van der Waals surface area contributed by atoms with Crippen LogP contribution in [-0.4, -0.2) is 30.4 Å². The van der Waals surface area contributed by atoms with E-state index < -0.39 is 0 Å². The highest BCUT2D eigenvalue weighted by atomic mass is 16.5. The summed E-state index contributed by atoms with van der Waals surface area (Å²) in [6.07, 6.45) is 0.253. The van der Waals surface area contributed by atoms with Crippen LogP contribution < -0.4 is 10.1 Å². The van der Waals surface area contributed by atoms with Crippen LogP contribution in [0.2, 0.25) is 0 Å². The quantitative estimate of drug-likeness (QED) is 0.825. The zero-order chi connectivity index (χ0) is 19.1. The minimum atomic E-state index is -0.101. The second kappa shape index (κ2) is 9.04. The number of carbonyl (C=O) groups excluding carboxylic acids is 2. The highest BCUT2D eigenvalue weighted by Gasteiger charge is 2.12. The third-order valence-electron chi connectivity index (χ3n) is 4.09. The summed E-state index contributed by atoms with van der Waals surface area (Å²) in [4.78, 5) is 25.8. The standard InChI is InChI=1S/C21H26N2O3/c1-15-11-16(2)13-19(12-15)22-21(25)9-10-23(17(3)24)14-18-5-7-20(26-4)8-6-18/h5-8,11-13H,9-10,14H2,1-4H3,(H,22,25). The van der Waals surface area contributed by atoms with Crippen LogP contribution in [0.15, 0.2) is 42.5 Å². The van der Waals surface area contributed by atoms with E-state index in [4.69, 9.17) is 4.74 Å². The van der Waals surface area contributed by atoms with E-state index in [9.17, 15) is 9.59 Å². The third-order valence-corrected chi connectivity index (χ3v) is 4.09. The summed E-state index contributed by atoms with van der Waals surface area (Å²) in [5.74, 6) is 0.618. The van der Waals surface area contributed by atoms with Crippen molar-refractivity contribution in [3.63, 3.8) is 0 Å². The number of methoxy groups -OCH3 is 1. The Bertz CT molecular complexity index is 749. The maximum absolute atomic E-state index is 12.2. The molecule has 0 saturated heterocycles. The van der Waals surface area contributed by atoms with Gasteiger partial charge in [-0.3, -0.25) is 9.59 Å². The molecule has 2 aromatic rings. The van der Waals surface area contributed by atoms with Gasteiger partial charge in [0.2, 0.25) is 11.8 Å². The van der Waals surface area contributed by atoms with Crippen LogP contribution in [0.25, 0.3) is 0 Å². The van der Waals surface area contributed by atoms with E-state index in [1.165, 1.54) is 6.92 Å². The molecule has 0 unspecified atom stereocenters. The lowest BCUT2D eigenvalue weighted by Crippen LogP contribution is -2.31. The van der Waals surface area contributed by atoms with Gasteiger partial charge in [0.15, 0.2) is 0 Å². The van der Waals surface area contributed by atoms with Gasteiger partial charge in [0.25, 0.3) is 0 Å². The number of aryl methyl sites for hydroxylation is 2. The molecule has 0 radical (unpaired) electrons. The number of hydrogen-bond donors (Lipinski definition) is 1. The van der Waals surface area contributed by atoms with Crippen molar-refractivity contribution in [2.75, 3.05) is 19.0 Å². The highest BCUT2D eigenvalue weighted by Crippen LogP contribution is 2.15. The Morgan fingerprint density at radius 2 is 1.65 bits per heavy atom. The van der Waals surface area contributed by atoms with E-state index in [-0.39, 0.29) is 18.2 Å². The minimum Gasteiger partial charge on any atom is -0.497 e. The molecule has 0 aliphatic heterocycles. The number of anilines is 1. The van der Waals surface area contributed by atoms with Crippen LogP contribution in [0, 0.1) is 13.8 Å². The van der Waals surface area contributed by atoms with Crippen LogP contribution >= 0.6 is 0 Å². The summed E-state index contributed by atoms with van der Waals surface area (Å²) in [6.45, 7) is 6.35. The van der Waals surface area contributed by atoms with Gasteiger partial charge in [-0.1, -0.05) is 18.2 Å². The van der Waals surface area contributed by atoms with Crippen molar-refractivity contribution in [3.05, 3.63) is 59.2 Å². The lowest BCUT2D eigenvalue weighted by Gasteiger charge is -2.21. The molecule has 26 heavy (non-hydrogen) atoms. The molecule has 0 aromatic heterocycles. The molecule has 0 heterocycles. The fourth-order valence-corrected chi connectivity index (χ4v) is 2.81. The molecular weight excluding hydrogens is 328 g/mol. The van der Waals surface area contributed by atoms with E-state index in [2.05, 4.69) is 11.4 Å². The Balaban J connectivity index is 1.92. The summed E-state index contributed by atoms with van der Waals surface area (Å²) >= 11 is 0. The SMILES string of the molecule is COc1ccc(CN(CCC(=O)Nc2cc(C)cc(C)c2)C(C)=O)cc1. The fraction of sp³-hybridized carbons (Fsp3) is 0.333. The van der Waals surface area contributed by atoms with Crippen LogP contribution in [0.1, 0.15) is 30.0 Å². The zero-order valence-corrected chi connectivity index (χ0v) is 15.8. The number of hydrogen-bond acceptors (Lipinski definition) is 3. The first-order valence-electron chi connectivity index (χ1n) is 8.64. The molecule has 5 heteroatoms. The molecule has 0 saturated carbocycles. The molecule has 0 aliphatic rings. The van der Waals surface area contributed by atoms with Gasteiger partial charge < -0.3 is 15.0 Å². The van der Waals surface area contributed by atoms with Crippen LogP contribution in [0.3, 0.4) is 0 Å². The van der Waals surface area contributed by atoms with Gasteiger partial charge in [-0.25, -0.2) is 0 Å². The predicted octanol–water partition coefficient (Wildman–Crippen LogP) is 3.69. The van der Waals surface area contributed by atoms with E-state index in [0.29, 0.717) is 13.1 Å². The first-order chi connectivity index (χ1) is 12.4. The molecule has 0 aliphatic carbocycles. The van der Waals surface area contributed by atoms with Gasteiger partial charge in [0.1, 0.15) is 5.75 Å². The second-order valence-electron chi connectivity index (χ2n) is 6.46. The average Bonchev–Trinajstić information content (AvgIpc) is 2.58. The number of benzene rings is 2. The molecule has 0 spiro atoms. The van der Waals surface area contributed by atoms with E-state index >= 15 is 0 Å². The van der Waals surface area contributed by atoms with Crippen LogP contribution in [0.4, 0.5) is 5.69 Å². The lowest BCUT2D eigenvalue weighted by atomic mass is 10.1. The van der Waals surface area contributed by atoms with Gasteiger partial charge in [0, 0.05) is 32.1 Å². The summed E-state index contributed by atoms with van der Waals surface area (Å²) in [7, 11) is 1.62. The van der Waals surface area contributed by atoms with Crippen molar-refractivity contribution in [3.8, 4) is 5.75 Å². The summed E-state index contributed by atoms with van der Waals surface area (Å²) in [5.41, 5.74) is 3.99. The Kier molecular flexibility index (Phi) is 6.78. The molecular formula is C21H26N2O3. The predicted molar refractivity (Wildman–Crippen MR) is 103 cm³/mol. The smallest absolute Gasteiger partial charge is 0.226 e. The molecule has 5 nitrogen and oxygen atoms in total. The normalized spacial score (nSPS) is 10.3. The maximum Gasteiger partial charge on any atom is 0.226 e. The van der Waals surface area contributed by atoms with Gasteiger partial charge in [-0.15, -0.1) is 0 Å². The number of nitrogens with zero attached hydrogens (tertiary/aromatic N) is 1. The number of rotatable bonds is 7. The van der Waals surface area contributed by atoms with Crippen molar-refractivity contribution in [2.45, 2.75) is 33.7 Å². The zero-order valence-electron chi connectivity index (χ0n) is 15.8. The molecule has 2 amide bonds. The van der Waals surface area contributed by atoms with E-state index in [1.54, 1.807) is 12.0 Å². The van der Waals surface area contributed by atoms with Gasteiger partial charge >= 0.3 is 0 Å². The Labute approximate surface area is 155 Å². The molecule has 0 atom stereocenters. The summed E-state index contributed by atoms with van der Waals surface area (Å²) in [6, 6.07) is 13.5. The van der Waals surface area contributed by atoms with Crippen molar-refractivity contribution in [1.82, 2.24) is 4.90 Å². The van der Waals surface area contributed by atoms with Crippen molar-refractivity contribution < 1.29 is 14.3 Å². The topological polar surface area (TPSA) is 58.6 Å². The molecule has 2 rings (SSSR count). The van der Waals surface area contributed by atoms with Crippen molar-refractivity contribution in [2.24, 2.45) is 0 Å². The number of nitrogens with one attached hydrogen (secondary N) is 1. The van der Waals surface area contributed by atoms with Crippen molar-refractivity contribution in [1.29, 1.82) is 0 Å². The summed E-state index contributed by atoms with van der Waals surface area (Å²) < 4.78 is 5.14. The second-order valence-corrected chi connectivity index (χ2v) is 6.46. The van der Waals surface area contributed by atoms with E-state index in [0.717, 1.165) is 28.1 Å². The monoisotopic (exact) mass is 354 g/mol. The van der Waals surface area contributed by atoms with Crippen LogP contribution in [-0.2, 0) is 16.1 Å². The van der Waals surface area contributed by atoms with Crippen molar-refractivity contribution >= 4 is 17.5 Å². The molecule has 0 fully saturated rings. The van der Waals surface area contributed by atoms with E-state index in [1.807, 2.05) is 50.2 Å². The first-order valence-corrected chi connectivity index (χ1v) is 8.64. The van der Waals surface area contributed by atoms with Crippen LogP contribution in [0.5, 0.6) is 5.75 Å². The molecule has 1 N–H and O–H groups in total. The first kappa shape index (κ1) is 19.5. The van der Waals surface area contributed by atoms with Gasteiger partial charge in [0.05, 0.1) is 7.11 Å². The Morgan fingerprint density at radius 1 is 1.04 bits per heavy atom. The van der Waals surface area contributed by atoms with Gasteiger partial charge in [-0.2, -0.15) is 0 Å². The summed E-state index contributed by atoms with van der Waals surface area (Å²) in [5, 5.41) is 2.90. The number of ether oxygens (including phenoxy) is 1. The highest BCUT2D eigenvalue weighted by molar-refractivity contribution is 5.91. The third kappa shape index (κ3) is 5.92. The Hall–Kier alpha value is -2.82. The fourth-order valence-electron chi connectivity index (χ4n) is 2.81. The Morgan fingerprint density at radius 3 is 2.19 bits per heavy atom. The average molecular weight is 354 g/mol.